The molecule has 0 bridgehead atoms. The third-order valence-electron chi connectivity index (χ3n) is 4.46. The minimum Gasteiger partial charge on any atom is -0.462 e. The van der Waals surface area contributed by atoms with Gasteiger partial charge in [-0.1, -0.05) is 54.2 Å². The van der Waals surface area contributed by atoms with Crippen molar-refractivity contribution in [3.05, 3.63) is 12.7 Å². The first-order valence-corrected chi connectivity index (χ1v) is 9.32. The van der Waals surface area contributed by atoms with Crippen LogP contribution in [0.25, 0.3) is 0 Å². The Balaban J connectivity index is 4.42. The Morgan fingerprint density at radius 2 is 1.30 bits per heavy atom. The molecule has 0 aromatic rings. The van der Waals surface area contributed by atoms with Crippen LogP contribution in [0.5, 0.6) is 0 Å². The fraction of sp³-hybridized carbons (Fsp3) is 0.762. The highest BCUT2D eigenvalue weighted by Crippen LogP contribution is 2.47. The molecule has 0 radical (unpaired) electrons. The standard InChI is InChI=1S/C21H36O6/c1-9-12-25-16(22)10-11-17(23)26-13-14-27-18(24)21(8,20(5,6)7)15-19(2,3)4/h9H,1,10-15H2,2-8H3. The molecular weight excluding hydrogens is 348 g/mol. The van der Waals surface area contributed by atoms with Gasteiger partial charge in [-0.05, 0) is 24.2 Å². The van der Waals surface area contributed by atoms with Crippen LogP contribution in [0.15, 0.2) is 12.7 Å². The molecule has 0 amide bonds. The van der Waals surface area contributed by atoms with Crippen molar-refractivity contribution in [2.45, 2.75) is 67.7 Å². The van der Waals surface area contributed by atoms with Gasteiger partial charge in [-0.2, -0.15) is 0 Å². The number of hydrogen-bond donors (Lipinski definition) is 0. The highest BCUT2D eigenvalue weighted by Gasteiger charge is 2.47. The monoisotopic (exact) mass is 384 g/mol. The Labute approximate surface area is 163 Å². The van der Waals surface area contributed by atoms with Crippen molar-refractivity contribution >= 4 is 17.9 Å². The number of carbonyl (C=O) groups is 3. The van der Waals surface area contributed by atoms with Crippen LogP contribution >= 0.6 is 0 Å². The first-order chi connectivity index (χ1) is 12.2. The molecule has 0 rings (SSSR count). The lowest BCUT2D eigenvalue weighted by molar-refractivity contribution is -0.168. The molecule has 0 aliphatic rings. The van der Waals surface area contributed by atoms with E-state index in [4.69, 9.17) is 14.2 Å². The van der Waals surface area contributed by atoms with Crippen LogP contribution in [0, 0.1) is 16.2 Å². The Bertz CT molecular complexity index is 524. The Kier molecular flexibility index (Phi) is 9.76. The van der Waals surface area contributed by atoms with Crippen LogP contribution in [-0.2, 0) is 28.6 Å². The van der Waals surface area contributed by atoms with E-state index in [-0.39, 0.29) is 49.5 Å². The van der Waals surface area contributed by atoms with Crippen molar-refractivity contribution in [2.24, 2.45) is 16.2 Å². The first-order valence-electron chi connectivity index (χ1n) is 9.32. The summed E-state index contributed by atoms with van der Waals surface area (Å²) in [5, 5.41) is 0. The summed E-state index contributed by atoms with van der Waals surface area (Å²) >= 11 is 0. The molecule has 27 heavy (non-hydrogen) atoms. The van der Waals surface area contributed by atoms with Crippen molar-refractivity contribution in [3.63, 3.8) is 0 Å². The van der Waals surface area contributed by atoms with Crippen LogP contribution in [-0.4, -0.2) is 37.7 Å². The van der Waals surface area contributed by atoms with E-state index in [1.807, 2.05) is 27.7 Å². The van der Waals surface area contributed by atoms with E-state index in [0.29, 0.717) is 6.42 Å². The minimum atomic E-state index is -0.663. The topological polar surface area (TPSA) is 78.9 Å². The van der Waals surface area contributed by atoms with Gasteiger partial charge in [0.1, 0.15) is 19.8 Å². The second-order valence-electron chi connectivity index (χ2n) is 9.15. The van der Waals surface area contributed by atoms with Crippen molar-refractivity contribution in [2.75, 3.05) is 19.8 Å². The van der Waals surface area contributed by atoms with E-state index < -0.39 is 17.4 Å². The van der Waals surface area contributed by atoms with E-state index >= 15 is 0 Å². The second kappa shape index (κ2) is 10.5. The molecule has 0 saturated carbocycles. The highest BCUT2D eigenvalue weighted by molar-refractivity contribution is 5.78. The smallest absolute Gasteiger partial charge is 0.312 e. The van der Waals surface area contributed by atoms with Gasteiger partial charge < -0.3 is 14.2 Å². The van der Waals surface area contributed by atoms with Gasteiger partial charge >= 0.3 is 17.9 Å². The number of ether oxygens (including phenoxy) is 3. The van der Waals surface area contributed by atoms with Gasteiger partial charge in [0, 0.05) is 0 Å². The Hall–Kier alpha value is -1.85. The molecule has 0 aliphatic carbocycles. The summed E-state index contributed by atoms with van der Waals surface area (Å²) in [6.07, 6.45) is 2.00. The van der Waals surface area contributed by atoms with Gasteiger partial charge in [-0.3, -0.25) is 14.4 Å². The molecular formula is C21H36O6. The lowest BCUT2D eigenvalue weighted by Gasteiger charge is -2.43. The number of rotatable bonds is 10. The molecule has 0 aliphatic heterocycles. The third kappa shape index (κ3) is 9.59. The SMILES string of the molecule is C=CCOC(=O)CCC(=O)OCCOC(=O)C(C)(CC(C)(C)C)C(C)(C)C. The fourth-order valence-corrected chi connectivity index (χ4v) is 2.65. The fourth-order valence-electron chi connectivity index (χ4n) is 2.65. The summed E-state index contributed by atoms with van der Waals surface area (Å²) in [5.41, 5.74) is -0.974. The van der Waals surface area contributed by atoms with Gasteiger partial charge in [-0.25, -0.2) is 0 Å². The van der Waals surface area contributed by atoms with E-state index in [0.717, 1.165) is 0 Å². The quantitative estimate of drug-likeness (QED) is 0.244. The maximum absolute atomic E-state index is 12.7. The maximum Gasteiger partial charge on any atom is 0.312 e. The van der Waals surface area contributed by atoms with E-state index in [1.54, 1.807) is 0 Å². The molecule has 6 heteroatoms. The summed E-state index contributed by atoms with van der Waals surface area (Å²) in [4.78, 5) is 35.6. The van der Waals surface area contributed by atoms with Crippen LogP contribution in [0.3, 0.4) is 0 Å². The van der Waals surface area contributed by atoms with Crippen molar-refractivity contribution in [3.8, 4) is 0 Å². The normalized spacial score (nSPS) is 14.0. The summed E-state index contributed by atoms with van der Waals surface area (Å²) in [5.74, 6) is -1.31. The highest BCUT2D eigenvalue weighted by atomic mass is 16.6. The third-order valence-corrected chi connectivity index (χ3v) is 4.46. The number of hydrogen-bond acceptors (Lipinski definition) is 6. The van der Waals surface area contributed by atoms with Crippen molar-refractivity contribution in [1.82, 2.24) is 0 Å². The molecule has 0 spiro atoms. The largest absolute Gasteiger partial charge is 0.462 e. The Morgan fingerprint density at radius 3 is 1.74 bits per heavy atom. The predicted octanol–water partition coefficient (Wildman–Crippen LogP) is 4.07. The second-order valence-corrected chi connectivity index (χ2v) is 9.15. The predicted molar refractivity (Wildman–Crippen MR) is 104 cm³/mol. The van der Waals surface area contributed by atoms with Gasteiger partial charge in [0.25, 0.3) is 0 Å². The Morgan fingerprint density at radius 1 is 0.815 bits per heavy atom. The number of carbonyl (C=O) groups excluding carboxylic acids is 3. The summed E-state index contributed by atoms with van der Waals surface area (Å²) in [6, 6.07) is 0. The molecule has 1 unspecified atom stereocenters. The number of esters is 3. The van der Waals surface area contributed by atoms with Gasteiger partial charge in [0.15, 0.2) is 0 Å². The van der Waals surface area contributed by atoms with Crippen LogP contribution in [0.4, 0.5) is 0 Å². The zero-order valence-corrected chi connectivity index (χ0v) is 18.0. The summed E-state index contributed by atoms with van der Waals surface area (Å²) in [6.45, 7) is 17.7. The van der Waals surface area contributed by atoms with Crippen molar-refractivity contribution < 1.29 is 28.6 Å². The molecule has 1 atom stereocenters. The average molecular weight is 385 g/mol. The van der Waals surface area contributed by atoms with Crippen LogP contribution in [0.1, 0.15) is 67.7 Å². The molecule has 0 N–H and O–H groups in total. The molecule has 0 aromatic heterocycles. The average Bonchev–Trinajstić information content (AvgIpc) is 2.51. The lowest BCUT2D eigenvalue weighted by atomic mass is 9.61. The van der Waals surface area contributed by atoms with Gasteiger partial charge in [0.05, 0.1) is 18.3 Å². The zero-order valence-electron chi connectivity index (χ0n) is 18.0. The summed E-state index contributed by atoms with van der Waals surface area (Å²) in [7, 11) is 0. The molecule has 0 aromatic carbocycles. The minimum absolute atomic E-state index is 0.0126. The van der Waals surface area contributed by atoms with E-state index in [9.17, 15) is 14.4 Å². The van der Waals surface area contributed by atoms with E-state index in [2.05, 4.69) is 27.4 Å². The molecule has 0 fully saturated rings. The van der Waals surface area contributed by atoms with Gasteiger partial charge in [-0.15, -0.1) is 0 Å². The zero-order chi connectivity index (χ0) is 21.3. The molecule has 6 nitrogen and oxygen atoms in total. The molecule has 156 valence electrons. The molecule has 0 saturated heterocycles. The lowest BCUT2D eigenvalue weighted by Crippen LogP contribution is -2.44. The summed E-state index contributed by atoms with van der Waals surface area (Å²) < 4.78 is 15.2. The first kappa shape index (κ1) is 25.1. The maximum atomic E-state index is 12.7. The van der Waals surface area contributed by atoms with Crippen molar-refractivity contribution in [1.29, 1.82) is 0 Å². The van der Waals surface area contributed by atoms with Crippen LogP contribution in [0.2, 0.25) is 0 Å². The molecule has 0 heterocycles. The van der Waals surface area contributed by atoms with Crippen LogP contribution < -0.4 is 0 Å². The van der Waals surface area contributed by atoms with Gasteiger partial charge in [0.2, 0.25) is 0 Å². The van der Waals surface area contributed by atoms with E-state index in [1.165, 1.54) is 6.08 Å².